The average Bonchev–Trinajstić information content (AvgIpc) is 2.51. The summed E-state index contributed by atoms with van der Waals surface area (Å²) in [5.41, 5.74) is 4.58. The molecule has 0 bridgehead atoms. The first-order chi connectivity index (χ1) is 11.0. The summed E-state index contributed by atoms with van der Waals surface area (Å²) in [5.74, 6) is -0.219. The molecule has 2 amide bonds. The second-order valence-corrected chi connectivity index (χ2v) is 5.41. The molecule has 5 heteroatoms. The van der Waals surface area contributed by atoms with Crippen molar-refractivity contribution >= 4 is 28.9 Å². The van der Waals surface area contributed by atoms with Gasteiger partial charge in [-0.2, -0.15) is 0 Å². The van der Waals surface area contributed by atoms with Crippen molar-refractivity contribution < 1.29 is 9.59 Å². The number of rotatable bonds is 5. The Morgan fingerprint density at radius 1 is 0.913 bits per heavy atom. The fourth-order valence-electron chi connectivity index (χ4n) is 2.14. The number of aryl methyl sites for hydroxylation is 1. The number of nitrogens with one attached hydrogen (secondary N) is 3. The third-order valence-corrected chi connectivity index (χ3v) is 3.54. The molecule has 0 aliphatic heterocycles. The van der Waals surface area contributed by atoms with Crippen LogP contribution in [-0.2, 0) is 9.59 Å². The van der Waals surface area contributed by atoms with Crippen LogP contribution in [0.15, 0.2) is 42.5 Å². The van der Waals surface area contributed by atoms with Crippen LogP contribution >= 0.6 is 0 Å². The van der Waals surface area contributed by atoms with Crippen molar-refractivity contribution in [2.24, 2.45) is 0 Å². The number of hydrogen-bond donors (Lipinski definition) is 3. The molecule has 0 aliphatic carbocycles. The van der Waals surface area contributed by atoms with E-state index in [4.69, 9.17) is 0 Å². The summed E-state index contributed by atoms with van der Waals surface area (Å²) < 4.78 is 0. The molecule has 3 N–H and O–H groups in total. The Morgan fingerprint density at radius 2 is 1.57 bits per heavy atom. The van der Waals surface area contributed by atoms with E-state index in [2.05, 4.69) is 16.0 Å². The molecule has 23 heavy (non-hydrogen) atoms. The molecule has 0 atom stereocenters. The minimum Gasteiger partial charge on any atom is -0.376 e. The molecular weight excluding hydrogens is 290 g/mol. The van der Waals surface area contributed by atoms with Gasteiger partial charge in [-0.25, -0.2) is 0 Å². The largest absolute Gasteiger partial charge is 0.376 e. The lowest BCUT2D eigenvalue weighted by Crippen LogP contribution is -2.22. The molecular formula is C18H21N3O2. The van der Waals surface area contributed by atoms with Gasteiger partial charge in [-0.15, -0.1) is 0 Å². The highest BCUT2D eigenvalue weighted by molar-refractivity contribution is 5.94. The van der Waals surface area contributed by atoms with Gasteiger partial charge in [-0.1, -0.05) is 12.1 Å². The summed E-state index contributed by atoms with van der Waals surface area (Å²) in [4.78, 5) is 23.0. The minimum atomic E-state index is -0.112. The van der Waals surface area contributed by atoms with E-state index in [9.17, 15) is 9.59 Å². The molecule has 0 saturated heterocycles. The van der Waals surface area contributed by atoms with E-state index in [0.29, 0.717) is 0 Å². The summed E-state index contributed by atoms with van der Waals surface area (Å²) in [6.07, 6.45) is 0. The van der Waals surface area contributed by atoms with Gasteiger partial charge in [-0.3, -0.25) is 9.59 Å². The van der Waals surface area contributed by atoms with Crippen LogP contribution in [0.1, 0.15) is 18.1 Å². The van der Waals surface area contributed by atoms with E-state index in [0.717, 1.165) is 28.2 Å². The minimum absolute atomic E-state index is 0.107. The molecule has 2 aromatic rings. The zero-order valence-corrected chi connectivity index (χ0v) is 13.6. The Hall–Kier alpha value is -2.82. The van der Waals surface area contributed by atoms with Crippen LogP contribution in [0, 0.1) is 13.8 Å². The van der Waals surface area contributed by atoms with Crippen molar-refractivity contribution in [3.63, 3.8) is 0 Å². The Bertz CT molecular complexity index is 709. The van der Waals surface area contributed by atoms with Gasteiger partial charge in [0, 0.05) is 24.0 Å². The molecule has 2 aromatic carbocycles. The summed E-state index contributed by atoms with van der Waals surface area (Å²) in [6.45, 7) is 5.63. The van der Waals surface area contributed by atoms with Gasteiger partial charge in [0.1, 0.15) is 0 Å². The van der Waals surface area contributed by atoms with Crippen molar-refractivity contribution in [3.05, 3.63) is 53.6 Å². The molecule has 5 nitrogen and oxygen atoms in total. The SMILES string of the molecule is CC(=O)Nc1ccc(NCC(=O)Nc2cccc(C)c2C)cc1. The molecule has 0 spiro atoms. The Balaban J connectivity index is 1.89. The van der Waals surface area contributed by atoms with Gasteiger partial charge in [-0.05, 0) is 55.3 Å². The van der Waals surface area contributed by atoms with E-state index in [1.54, 1.807) is 12.1 Å². The van der Waals surface area contributed by atoms with Crippen molar-refractivity contribution in [3.8, 4) is 0 Å². The highest BCUT2D eigenvalue weighted by Gasteiger charge is 2.06. The van der Waals surface area contributed by atoms with E-state index < -0.39 is 0 Å². The van der Waals surface area contributed by atoms with Crippen LogP contribution < -0.4 is 16.0 Å². The second kappa shape index (κ2) is 7.45. The number of anilines is 3. The number of carbonyl (C=O) groups excluding carboxylic acids is 2. The fourth-order valence-corrected chi connectivity index (χ4v) is 2.14. The van der Waals surface area contributed by atoms with Crippen molar-refractivity contribution in [2.45, 2.75) is 20.8 Å². The molecule has 0 unspecified atom stereocenters. The molecule has 0 aromatic heterocycles. The molecule has 0 heterocycles. The number of carbonyl (C=O) groups is 2. The molecule has 0 radical (unpaired) electrons. The fraction of sp³-hybridized carbons (Fsp3) is 0.222. The third-order valence-electron chi connectivity index (χ3n) is 3.54. The number of benzene rings is 2. The topological polar surface area (TPSA) is 70.2 Å². The zero-order valence-electron chi connectivity index (χ0n) is 13.6. The van der Waals surface area contributed by atoms with E-state index in [1.165, 1.54) is 6.92 Å². The second-order valence-electron chi connectivity index (χ2n) is 5.41. The first-order valence-electron chi connectivity index (χ1n) is 7.43. The molecule has 2 rings (SSSR count). The predicted molar refractivity (Wildman–Crippen MR) is 93.8 cm³/mol. The van der Waals surface area contributed by atoms with Gasteiger partial charge in [0.2, 0.25) is 11.8 Å². The molecule has 120 valence electrons. The van der Waals surface area contributed by atoms with Crippen LogP contribution in [0.5, 0.6) is 0 Å². The van der Waals surface area contributed by atoms with Crippen LogP contribution in [-0.4, -0.2) is 18.4 Å². The lowest BCUT2D eigenvalue weighted by Gasteiger charge is -2.11. The van der Waals surface area contributed by atoms with Crippen molar-refractivity contribution in [2.75, 3.05) is 22.5 Å². The Labute approximate surface area is 136 Å². The summed E-state index contributed by atoms with van der Waals surface area (Å²) >= 11 is 0. The monoisotopic (exact) mass is 311 g/mol. The van der Waals surface area contributed by atoms with Gasteiger partial charge < -0.3 is 16.0 Å². The third kappa shape index (κ3) is 4.85. The van der Waals surface area contributed by atoms with Gasteiger partial charge in [0.05, 0.1) is 6.54 Å². The maximum absolute atomic E-state index is 12.0. The predicted octanol–water partition coefficient (Wildman–Crippen LogP) is 3.31. The van der Waals surface area contributed by atoms with Crippen LogP contribution in [0.4, 0.5) is 17.1 Å². The van der Waals surface area contributed by atoms with Crippen LogP contribution in [0.2, 0.25) is 0 Å². The Morgan fingerprint density at radius 3 is 2.22 bits per heavy atom. The summed E-state index contributed by atoms with van der Waals surface area (Å²) in [7, 11) is 0. The first kappa shape index (κ1) is 16.5. The van der Waals surface area contributed by atoms with Gasteiger partial charge in [0.15, 0.2) is 0 Å². The smallest absolute Gasteiger partial charge is 0.243 e. The van der Waals surface area contributed by atoms with Gasteiger partial charge >= 0.3 is 0 Å². The van der Waals surface area contributed by atoms with E-state index >= 15 is 0 Å². The van der Waals surface area contributed by atoms with Crippen LogP contribution in [0.25, 0.3) is 0 Å². The normalized spacial score (nSPS) is 10.0. The highest BCUT2D eigenvalue weighted by atomic mass is 16.2. The maximum Gasteiger partial charge on any atom is 0.243 e. The maximum atomic E-state index is 12.0. The van der Waals surface area contributed by atoms with E-state index in [1.807, 2.05) is 44.2 Å². The Kier molecular flexibility index (Phi) is 5.36. The zero-order chi connectivity index (χ0) is 16.8. The summed E-state index contributed by atoms with van der Waals surface area (Å²) in [6, 6.07) is 13.0. The molecule has 0 aliphatic rings. The standard InChI is InChI=1S/C18H21N3O2/c1-12-5-4-6-17(13(12)2)21-18(23)11-19-15-7-9-16(10-8-15)20-14(3)22/h4-10,19H,11H2,1-3H3,(H,20,22)(H,21,23). The van der Waals surface area contributed by atoms with Gasteiger partial charge in [0.25, 0.3) is 0 Å². The van der Waals surface area contributed by atoms with Crippen molar-refractivity contribution in [1.29, 1.82) is 0 Å². The number of hydrogen-bond acceptors (Lipinski definition) is 3. The van der Waals surface area contributed by atoms with Crippen molar-refractivity contribution in [1.82, 2.24) is 0 Å². The lowest BCUT2D eigenvalue weighted by molar-refractivity contribution is -0.115. The van der Waals surface area contributed by atoms with Crippen LogP contribution in [0.3, 0.4) is 0 Å². The van der Waals surface area contributed by atoms with E-state index in [-0.39, 0.29) is 18.4 Å². The average molecular weight is 311 g/mol. The first-order valence-corrected chi connectivity index (χ1v) is 7.43. The molecule has 0 saturated carbocycles. The highest BCUT2D eigenvalue weighted by Crippen LogP contribution is 2.18. The molecule has 0 fully saturated rings. The number of amides is 2. The summed E-state index contributed by atoms with van der Waals surface area (Å²) in [5, 5.41) is 8.65. The quantitative estimate of drug-likeness (QED) is 0.793. The lowest BCUT2D eigenvalue weighted by atomic mass is 10.1.